The minimum atomic E-state index is 0.439. The maximum atomic E-state index is 9.00. The van der Waals surface area contributed by atoms with Gasteiger partial charge in [-0.2, -0.15) is 5.26 Å². The van der Waals surface area contributed by atoms with Crippen LogP contribution in [-0.4, -0.2) is 17.1 Å². The number of halogens is 1. The monoisotopic (exact) mass is 371 g/mol. The molecule has 0 aliphatic heterocycles. The second-order valence-electron chi connectivity index (χ2n) is 5.97. The number of ether oxygens (including phenoxy) is 1. The molecule has 0 bridgehead atoms. The molecule has 0 radical (unpaired) electrons. The van der Waals surface area contributed by atoms with Crippen molar-refractivity contribution in [2.45, 2.75) is 0 Å². The van der Waals surface area contributed by atoms with E-state index in [1.807, 2.05) is 36.4 Å². The first-order valence-corrected chi connectivity index (χ1v) is 8.67. The van der Waals surface area contributed by atoms with E-state index >= 15 is 0 Å². The first-order valence-electron chi connectivity index (χ1n) is 8.29. The van der Waals surface area contributed by atoms with Crippen LogP contribution in [0.25, 0.3) is 33.2 Å². The van der Waals surface area contributed by atoms with Gasteiger partial charge in [0.15, 0.2) is 0 Å². The number of fused-ring (bicyclic) bond motifs is 1. The van der Waals surface area contributed by atoms with Crippen molar-refractivity contribution in [3.05, 3.63) is 77.7 Å². The Balaban J connectivity index is 1.92. The van der Waals surface area contributed by atoms with Crippen LogP contribution in [-0.2, 0) is 0 Å². The van der Waals surface area contributed by atoms with E-state index in [1.54, 1.807) is 37.7 Å². The highest BCUT2D eigenvalue weighted by Crippen LogP contribution is 2.38. The van der Waals surface area contributed by atoms with Crippen molar-refractivity contribution in [2.75, 3.05) is 7.11 Å². The fourth-order valence-corrected chi connectivity index (χ4v) is 3.23. The summed E-state index contributed by atoms with van der Waals surface area (Å²) in [5, 5.41) is 10.4. The van der Waals surface area contributed by atoms with Crippen molar-refractivity contribution in [1.29, 1.82) is 5.26 Å². The molecule has 130 valence electrons. The molecule has 0 N–H and O–H groups in total. The minimum absolute atomic E-state index is 0.439. The van der Waals surface area contributed by atoms with Gasteiger partial charge in [0.1, 0.15) is 10.9 Å². The summed E-state index contributed by atoms with van der Waals surface area (Å²) in [6.45, 7) is 0. The van der Waals surface area contributed by atoms with Crippen molar-refractivity contribution >= 4 is 22.5 Å². The highest BCUT2D eigenvalue weighted by atomic mass is 35.5. The first kappa shape index (κ1) is 17.0. The molecule has 4 nitrogen and oxygen atoms in total. The second-order valence-corrected chi connectivity index (χ2v) is 6.35. The van der Waals surface area contributed by atoms with E-state index in [0.717, 1.165) is 38.9 Å². The molecule has 2 heterocycles. The second kappa shape index (κ2) is 7.06. The Hall–Kier alpha value is -3.42. The number of methoxy groups -OCH3 is 1. The number of para-hydroxylation sites is 1. The summed E-state index contributed by atoms with van der Waals surface area (Å²) in [6, 6.07) is 19.2. The van der Waals surface area contributed by atoms with Gasteiger partial charge in [-0.25, -0.2) is 4.98 Å². The van der Waals surface area contributed by atoms with Crippen LogP contribution in [0.2, 0.25) is 5.15 Å². The molecule has 0 unspecified atom stereocenters. The lowest BCUT2D eigenvalue weighted by Gasteiger charge is -2.13. The van der Waals surface area contributed by atoms with Crippen molar-refractivity contribution < 1.29 is 4.74 Å². The van der Waals surface area contributed by atoms with E-state index in [4.69, 9.17) is 26.6 Å². The summed E-state index contributed by atoms with van der Waals surface area (Å²) in [5.74, 6) is 0.736. The lowest BCUT2D eigenvalue weighted by molar-refractivity contribution is 0.421. The molecule has 0 aliphatic rings. The molecule has 0 amide bonds. The molecule has 27 heavy (non-hydrogen) atoms. The van der Waals surface area contributed by atoms with Gasteiger partial charge < -0.3 is 4.74 Å². The van der Waals surface area contributed by atoms with Gasteiger partial charge in [0.05, 0.1) is 24.3 Å². The average molecular weight is 372 g/mol. The summed E-state index contributed by atoms with van der Waals surface area (Å²) < 4.78 is 5.73. The van der Waals surface area contributed by atoms with E-state index < -0.39 is 0 Å². The lowest BCUT2D eigenvalue weighted by atomic mass is 9.98. The normalized spacial score (nSPS) is 10.6. The first-order chi connectivity index (χ1) is 13.2. The fourth-order valence-electron chi connectivity index (χ4n) is 3.12. The van der Waals surface area contributed by atoms with Crippen molar-refractivity contribution in [3.8, 4) is 34.1 Å². The Morgan fingerprint density at radius 2 is 1.67 bits per heavy atom. The zero-order chi connectivity index (χ0) is 18.8. The third-order valence-electron chi connectivity index (χ3n) is 4.42. The third-order valence-corrected chi connectivity index (χ3v) is 4.64. The van der Waals surface area contributed by atoms with Crippen LogP contribution in [0.5, 0.6) is 5.75 Å². The van der Waals surface area contributed by atoms with Crippen molar-refractivity contribution in [1.82, 2.24) is 9.97 Å². The molecular formula is C22H14ClN3O. The molecule has 2 aromatic carbocycles. The molecule has 0 atom stereocenters. The maximum absolute atomic E-state index is 9.00. The molecular weight excluding hydrogens is 358 g/mol. The summed E-state index contributed by atoms with van der Waals surface area (Å²) in [5.41, 5.74) is 5.18. The third kappa shape index (κ3) is 3.10. The lowest BCUT2D eigenvalue weighted by Crippen LogP contribution is -1.94. The number of hydrogen-bond acceptors (Lipinski definition) is 4. The fraction of sp³-hybridized carbons (Fsp3) is 0.0455. The molecule has 5 heteroatoms. The van der Waals surface area contributed by atoms with Crippen LogP contribution in [0.4, 0.5) is 0 Å². The summed E-state index contributed by atoms with van der Waals surface area (Å²) >= 11 is 5.90. The molecule has 0 saturated carbocycles. The predicted octanol–water partition coefficient (Wildman–Crippen LogP) is 5.50. The highest BCUT2D eigenvalue weighted by Gasteiger charge is 2.14. The maximum Gasteiger partial charge on any atom is 0.137 e. The Morgan fingerprint density at radius 1 is 0.889 bits per heavy atom. The zero-order valence-electron chi connectivity index (χ0n) is 14.5. The molecule has 0 saturated heterocycles. The van der Waals surface area contributed by atoms with Gasteiger partial charge in [-0.1, -0.05) is 35.9 Å². The van der Waals surface area contributed by atoms with Crippen LogP contribution in [0, 0.1) is 11.3 Å². The van der Waals surface area contributed by atoms with E-state index in [1.165, 1.54) is 0 Å². The van der Waals surface area contributed by atoms with Crippen LogP contribution >= 0.6 is 11.6 Å². The summed E-state index contributed by atoms with van der Waals surface area (Å²) in [7, 11) is 1.65. The quantitative estimate of drug-likeness (QED) is 0.446. The number of nitriles is 1. The van der Waals surface area contributed by atoms with Gasteiger partial charge in [-0.15, -0.1) is 0 Å². The molecule has 0 aliphatic carbocycles. The number of pyridine rings is 2. The van der Waals surface area contributed by atoms with E-state index in [2.05, 4.69) is 11.1 Å². The van der Waals surface area contributed by atoms with Gasteiger partial charge >= 0.3 is 0 Å². The number of rotatable bonds is 3. The Kier molecular flexibility index (Phi) is 4.45. The van der Waals surface area contributed by atoms with Crippen molar-refractivity contribution in [2.24, 2.45) is 0 Å². The van der Waals surface area contributed by atoms with Gasteiger partial charge in [-0.3, -0.25) is 4.98 Å². The van der Waals surface area contributed by atoms with E-state index in [9.17, 15) is 0 Å². The number of hydrogen-bond donors (Lipinski definition) is 0. The van der Waals surface area contributed by atoms with Crippen LogP contribution < -0.4 is 4.74 Å². The van der Waals surface area contributed by atoms with Gasteiger partial charge in [0.2, 0.25) is 0 Å². The highest BCUT2D eigenvalue weighted by molar-refractivity contribution is 6.29. The van der Waals surface area contributed by atoms with Crippen LogP contribution in [0.3, 0.4) is 0 Å². The molecule has 4 rings (SSSR count). The minimum Gasteiger partial charge on any atom is -0.495 e. The standard InChI is InChI=1S/C22H14ClN3O/c1-27-22-18-4-2-3-17(15-7-5-14(11-24)6-8-15)21(18)26-13-19(22)16-9-10-20(23)25-12-16/h2-10,12-13H,1H3. The molecule has 0 spiro atoms. The number of nitrogens with zero attached hydrogens (tertiary/aromatic N) is 3. The Labute approximate surface area is 161 Å². The van der Waals surface area contributed by atoms with Gasteiger partial charge in [0.25, 0.3) is 0 Å². The van der Waals surface area contributed by atoms with E-state index in [-0.39, 0.29) is 0 Å². The van der Waals surface area contributed by atoms with Crippen LogP contribution in [0.15, 0.2) is 67.0 Å². The average Bonchev–Trinajstić information content (AvgIpc) is 2.73. The zero-order valence-corrected chi connectivity index (χ0v) is 15.2. The Bertz CT molecular complexity index is 1160. The molecule has 2 aromatic heterocycles. The SMILES string of the molecule is COc1c(-c2ccc(Cl)nc2)cnc2c(-c3ccc(C#N)cc3)cccc12. The largest absolute Gasteiger partial charge is 0.495 e. The molecule has 0 fully saturated rings. The summed E-state index contributed by atoms with van der Waals surface area (Å²) in [4.78, 5) is 8.85. The van der Waals surface area contributed by atoms with Gasteiger partial charge in [-0.05, 0) is 35.9 Å². The predicted molar refractivity (Wildman–Crippen MR) is 107 cm³/mol. The number of aromatic nitrogens is 2. The van der Waals surface area contributed by atoms with Crippen LogP contribution in [0.1, 0.15) is 5.56 Å². The topological polar surface area (TPSA) is 58.8 Å². The van der Waals surface area contributed by atoms with Crippen molar-refractivity contribution in [3.63, 3.8) is 0 Å². The summed E-state index contributed by atoms with van der Waals surface area (Å²) in [6.07, 6.45) is 3.50. The van der Waals surface area contributed by atoms with E-state index in [0.29, 0.717) is 10.7 Å². The van der Waals surface area contributed by atoms with Gasteiger partial charge in [0, 0.05) is 34.5 Å². The Morgan fingerprint density at radius 3 is 2.33 bits per heavy atom. The number of benzene rings is 2. The smallest absolute Gasteiger partial charge is 0.137 e. The molecule has 4 aromatic rings.